The van der Waals surface area contributed by atoms with Crippen LogP contribution >= 0.6 is 0 Å². The van der Waals surface area contributed by atoms with Crippen molar-refractivity contribution < 1.29 is 13.9 Å². The van der Waals surface area contributed by atoms with E-state index in [0.717, 1.165) is 11.1 Å². The highest BCUT2D eigenvalue weighted by molar-refractivity contribution is 5.98. The Hall–Kier alpha value is -2.03. The van der Waals surface area contributed by atoms with Crippen LogP contribution < -0.4 is 4.74 Å². The normalized spacial score (nSPS) is 18.8. The molecule has 1 aliphatic rings. The van der Waals surface area contributed by atoms with Crippen molar-refractivity contribution in [2.45, 2.75) is 18.9 Å². The van der Waals surface area contributed by atoms with Crippen molar-refractivity contribution in [2.75, 3.05) is 0 Å². The van der Waals surface area contributed by atoms with Crippen molar-refractivity contribution in [2.24, 2.45) is 0 Å². The summed E-state index contributed by atoms with van der Waals surface area (Å²) in [5.74, 6) is 0.694. The molecule has 1 aromatic carbocycles. The third kappa shape index (κ3) is 1.84. The Morgan fingerprint density at radius 1 is 1.18 bits per heavy atom. The zero-order valence-corrected chi connectivity index (χ0v) is 9.26. The van der Waals surface area contributed by atoms with Crippen molar-refractivity contribution in [3.63, 3.8) is 0 Å². The molecule has 1 aromatic heterocycles. The van der Waals surface area contributed by atoms with E-state index in [0.29, 0.717) is 18.8 Å². The number of ether oxygens (including phenoxy) is 1. The number of rotatable bonds is 2. The monoisotopic (exact) mass is 228 g/mol. The lowest BCUT2D eigenvalue weighted by Gasteiger charge is -2.24. The molecule has 3 heteroatoms. The van der Waals surface area contributed by atoms with Crippen LogP contribution in [0.15, 0.2) is 47.1 Å². The van der Waals surface area contributed by atoms with Crippen LogP contribution in [0.5, 0.6) is 5.95 Å². The molecule has 3 rings (SSSR count). The standard InChI is InChI=1S/C14H12O3/c15-12-7-8-13(17-14-6-3-9-16-14)11-5-2-1-4-10(11)12/h1-6,9,13H,7-8H2. The van der Waals surface area contributed by atoms with Crippen molar-refractivity contribution in [3.05, 3.63) is 53.8 Å². The maximum Gasteiger partial charge on any atom is 0.284 e. The van der Waals surface area contributed by atoms with Crippen LogP contribution in [0.2, 0.25) is 0 Å². The van der Waals surface area contributed by atoms with Gasteiger partial charge in [0, 0.05) is 23.6 Å². The summed E-state index contributed by atoms with van der Waals surface area (Å²) in [4.78, 5) is 11.8. The number of fused-ring (bicyclic) bond motifs is 1. The number of Topliss-reactive ketones (excluding diaryl/α,β-unsaturated/α-hetero) is 1. The van der Waals surface area contributed by atoms with Crippen LogP contribution in [-0.2, 0) is 0 Å². The Labute approximate surface area is 99.0 Å². The molecule has 1 unspecified atom stereocenters. The minimum atomic E-state index is -0.0879. The third-order valence-electron chi connectivity index (χ3n) is 3.00. The first-order chi connectivity index (χ1) is 8.34. The summed E-state index contributed by atoms with van der Waals surface area (Å²) < 4.78 is 10.9. The van der Waals surface area contributed by atoms with Gasteiger partial charge in [-0.2, -0.15) is 0 Å². The second-order valence-electron chi connectivity index (χ2n) is 4.09. The van der Waals surface area contributed by atoms with Crippen LogP contribution in [0.25, 0.3) is 0 Å². The van der Waals surface area contributed by atoms with Crippen molar-refractivity contribution in [1.29, 1.82) is 0 Å². The summed E-state index contributed by atoms with van der Waals surface area (Å²) in [6, 6.07) is 11.2. The number of ketones is 1. The van der Waals surface area contributed by atoms with Crippen molar-refractivity contribution in [1.82, 2.24) is 0 Å². The first kappa shape index (κ1) is 10.1. The molecule has 1 heterocycles. The van der Waals surface area contributed by atoms with E-state index < -0.39 is 0 Å². The topological polar surface area (TPSA) is 39.4 Å². The van der Waals surface area contributed by atoms with Gasteiger partial charge in [-0.1, -0.05) is 24.3 Å². The van der Waals surface area contributed by atoms with Gasteiger partial charge in [-0.3, -0.25) is 4.79 Å². The maximum atomic E-state index is 11.8. The van der Waals surface area contributed by atoms with Gasteiger partial charge in [0.1, 0.15) is 6.10 Å². The number of carbonyl (C=O) groups is 1. The molecular weight excluding hydrogens is 216 g/mol. The van der Waals surface area contributed by atoms with Gasteiger partial charge in [0.2, 0.25) is 0 Å². The van der Waals surface area contributed by atoms with Crippen LogP contribution in [0.3, 0.4) is 0 Å². The van der Waals surface area contributed by atoms with Gasteiger partial charge in [-0.05, 0) is 12.5 Å². The lowest BCUT2D eigenvalue weighted by atomic mass is 9.88. The summed E-state index contributed by atoms with van der Waals surface area (Å²) >= 11 is 0. The summed E-state index contributed by atoms with van der Waals surface area (Å²) in [7, 11) is 0. The maximum absolute atomic E-state index is 11.8. The first-order valence-corrected chi connectivity index (χ1v) is 5.67. The molecule has 1 aliphatic carbocycles. The zero-order valence-electron chi connectivity index (χ0n) is 9.26. The van der Waals surface area contributed by atoms with Gasteiger partial charge in [-0.15, -0.1) is 0 Å². The van der Waals surface area contributed by atoms with Gasteiger partial charge < -0.3 is 9.15 Å². The van der Waals surface area contributed by atoms with Crippen LogP contribution in [0.4, 0.5) is 0 Å². The lowest BCUT2D eigenvalue weighted by molar-refractivity contribution is 0.0891. The second-order valence-corrected chi connectivity index (χ2v) is 4.09. The van der Waals surface area contributed by atoms with Gasteiger partial charge in [0.25, 0.3) is 5.95 Å². The van der Waals surface area contributed by atoms with Gasteiger partial charge in [0.05, 0.1) is 6.26 Å². The molecule has 86 valence electrons. The Morgan fingerprint density at radius 2 is 2.06 bits per heavy atom. The highest BCUT2D eigenvalue weighted by Gasteiger charge is 2.26. The number of carbonyl (C=O) groups excluding carboxylic acids is 1. The smallest absolute Gasteiger partial charge is 0.284 e. The van der Waals surface area contributed by atoms with Crippen molar-refractivity contribution in [3.8, 4) is 5.95 Å². The third-order valence-corrected chi connectivity index (χ3v) is 3.00. The van der Waals surface area contributed by atoms with E-state index in [4.69, 9.17) is 9.15 Å². The number of hydrogen-bond acceptors (Lipinski definition) is 3. The molecule has 0 radical (unpaired) electrons. The molecule has 17 heavy (non-hydrogen) atoms. The van der Waals surface area contributed by atoms with E-state index in [1.165, 1.54) is 0 Å². The molecule has 0 spiro atoms. The Morgan fingerprint density at radius 3 is 2.88 bits per heavy atom. The average Bonchev–Trinajstić information content (AvgIpc) is 2.86. The molecule has 0 fully saturated rings. The Bertz CT molecular complexity index is 528. The van der Waals surface area contributed by atoms with E-state index >= 15 is 0 Å². The van der Waals surface area contributed by atoms with E-state index in [1.807, 2.05) is 24.3 Å². The van der Waals surface area contributed by atoms with Crippen LogP contribution in [0, 0.1) is 0 Å². The predicted octanol–water partition coefficient (Wildman–Crippen LogP) is 3.38. The minimum Gasteiger partial charge on any atom is -0.457 e. The highest BCUT2D eigenvalue weighted by atomic mass is 16.6. The molecule has 2 aromatic rings. The fraction of sp³-hybridized carbons (Fsp3) is 0.214. The molecule has 0 saturated heterocycles. The van der Waals surface area contributed by atoms with Gasteiger partial charge in [-0.25, -0.2) is 0 Å². The number of benzene rings is 1. The fourth-order valence-corrected chi connectivity index (χ4v) is 2.18. The molecule has 0 bridgehead atoms. The average molecular weight is 228 g/mol. The summed E-state index contributed by atoms with van der Waals surface area (Å²) in [6.07, 6.45) is 2.73. The molecule has 3 nitrogen and oxygen atoms in total. The molecule has 0 saturated carbocycles. The number of furan rings is 1. The zero-order chi connectivity index (χ0) is 11.7. The molecule has 1 atom stereocenters. The SMILES string of the molecule is O=C1CCC(Oc2ccco2)c2ccccc21. The predicted molar refractivity (Wildman–Crippen MR) is 62.1 cm³/mol. The van der Waals surface area contributed by atoms with Gasteiger partial charge >= 0.3 is 0 Å². The van der Waals surface area contributed by atoms with E-state index in [1.54, 1.807) is 18.4 Å². The molecule has 0 aliphatic heterocycles. The van der Waals surface area contributed by atoms with Gasteiger partial charge in [0.15, 0.2) is 5.78 Å². The number of hydrogen-bond donors (Lipinski definition) is 0. The van der Waals surface area contributed by atoms with E-state index in [2.05, 4.69) is 0 Å². The largest absolute Gasteiger partial charge is 0.457 e. The second kappa shape index (κ2) is 4.09. The quantitative estimate of drug-likeness (QED) is 0.791. The van der Waals surface area contributed by atoms with Crippen LogP contribution in [-0.4, -0.2) is 5.78 Å². The van der Waals surface area contributed by atoms with Crippen LogP contribution in [0.1, 0.15) is 34.9 Å². The van der Waals surface area contributed by atoms with E-state index in [9.17, 15) is 4.79 Å². The summed E-state index contributed by atoms with van der Waals surface area (Å²) in [5, 5.41) is 0. The lowest BCUT2D eigenvalue weighted by Crippen LogP contribution is -2.19. The first-order valence-electron chi connectivity index (χ1n) is 5.67. The fourth-order valence-electron chi connectivity index (χ4n) is 2.18. The highest BCUT2D eigenvalue weighted by Crippen LogP contribution is 2.33. The van der Waals surface area contributed by atoms with E-state index in [-0.39, 0.29) is 11.9 Å². The summed E-state index contributed by atoms with van der Waals surface area (Å²) in [5.41, 5.74) is 1.73. The Kier molecular flexibility index (Phi) is 2.44. The molecule has 0 amide bonds. The Balaban J connectivity index is 1.93. The molecule has 0 N–H and O–H groups in total. The summed E-state index contributed by atoms with van der Waals surface area (Å²) in [6.45, 7) is 0. The molecular formula is C14H12O3. The van der Waals surface area contributed by atoms with Crippen molar-refractivity contribution >= 4 is 5.78 Å². The minimum absolute atomic E-state index is 0.0879.